The van der Waals surface area contributed by atoms with E-state index in [1.54, 1.807) is 36.4 Å². The van der Waals surface area contributed by atoms with Gasteiger partial charge in [0, 0.05) is 26.2 Å². The van der Waals surface area contributed by atoms with Gasteiger partial charge < -0.3 is 4.74 Å². The highest BCUT2D eigenvalue weighted by Gasteiger charge is 2.26. The normalized spacial score (nSPS) is 16.3. The van der Waals surface area contributed by atoms with Gasteiger partial charge in [-0.1, -0.05) is 38.1 Å². The van der Waals surface area contributed by atoms with E-state index in [1.165, 1.54) is 27.0 Å². The highest BCUT2D eigenvalue weighted by atomic mass is 32.2. The molecule has 7 nitrogen and oxygen atoms in total. The van der Waals surface area contributed by atoms with Crippen molar-refractivity contribution in [2.45, 2.75) is 45.1 Å². The van der Waals surface area contributed by atoms with Crippen molar-refractivity contribution in [2.75, 3.05) is 25.9 Å². The number of piperidine rings is 1. The molecule has 0 atom stereocenters. The van der Waals surface area contributed by atoms with Crippen LogP contribution >= 0.6 is 0 Å². The van der Waals surface area contributed by atoms with Gasteiger partial charge in [0.25, 0.3) is 0 Å². The lowest BCUT2D eigenvalue weighted by Crippen LogP contribution is -2.41. The monoisotopic (exact) mass is 512 g/mol. The molecule has 0 N–H and O–H groups in total. The van der Waals surface area contributed by atoms with Crippen LogP contribution in [0.25, 0.3) is 0 Å². The van der Waals surface area contributed by atoms with Crippen LogP contribution in [0, 0.1) is 11.7 Å². The summed E-state index contributed by atoms with van der Waals surface area (Å²) in [7, 11) is -6.78. The van der Waals surface area contributed by atoms with Gasteiger partial charge in [-0.3, -0.25) is 0 Å². The number of halogens is 1. The Kier molecular flexibility index (Phi) is 8.72. The zero-order valence-electron chi connectivity index (χ0n) is 19.9. The Hall–Kier alpha value is -2.01. The molecule has 1 aliphatic rings. The van der Waals surface area contributed by atoms with E-state index in [4.69, 9.17) is 4.74 Å². The largest absolute Gasteiger partial charge is 0.490 e. The summed E-state index contributed by atoms with van der Waals surface area (Å²) in [6.07, 6.45) is 2.35. The lowest BCUT2D eigenvalue weighted by molar-refractivity contribution is 0.135. The lowest BCUT2D eigenvalue weighted by atomic mass is 10.1. The van der Waals surface area contributed by atoms with Crippen molar-refractivity contribution < 1.29 is 26.0 Å². The van der Waals surface area contributed by atoms with E-state index in [-0.39, 0.29) is 30.1 Å². The molecule has 34 heavy (non-hydrogen) atoms. The number of rotatable bonds is 10. The number of ether oxygens (including phenoxy) is 1. The molecule has 188 valence electrons. The fourth-order valence-electron chi connectivity index (χ4n) is 3.92. The molecule has 0 aromatic heterocycles. The Morgan fingerprint density at radius 1 is 0.971 bits per heavy atom. The van der Waals surface area contributed by atoms with Gasteiger partial charge in [-0.15, -0.1) is 0 Å². The fourth-order valence-corrected chi connectivity index (χ4v) is 6.46. The Labute approximate surface area is 202 Å². The minimum absolute atomic E-state index is 0.0789. The minimum Gasteiger partial charge on any atom is -0.490 e. The molecule has 0 spiro atoms. The van der Waals surface area contributed by atoms with Crippen molar-refractivity contribution in [3.8, 4) is 5.75 Å². The molecule has 10 heteroatoms. The summed E-state index contributed by atoms with van der Waals surface area (Å²) in [6.45, 7) is 5.33. The maximum Gasteiger partial charge on any atom is 0.218 e. The number of hydrogen-bond acceptors (Lipinski definition) is 5. The molecule has 1 fully saturated rings. The van der Waals surface area contributed by atoms with Gasteiger partial charge in [0.05, 0.1) is 12.0 Å². The third-order valence-corrected chi connectivity index (χ3v) is 8.75. The van der Waals surface area contributed by atoms with Gasteiger partial charge >= 0.3 is 0 Å². The van der Waals surface area contributed by atoms with Crippen LogP contribution in [0.5, 0.6) is 5.75 Å². The first-order valence-electron chi connectivity index (χ1n) is 11.4. The molecule has 2 aromatic rings. The summed E-state index contributed by atoms with van der Waals surface area (Å²) >= 11 is 0. The van der Waals surface area contributed by atoms with E-state index >= 15 is 0 Å². The summed E-state index contributed by atoms with van der Waals surface area (Å²) in [5.41, 5.74) is 1.38. The third-order valence-electron chi connectivity index (χ3n) is 5.68. The molecule has 2 aromatic carbocycles. The molecule has 0 saturated carbocycles. The van der Waals surface area contributed by atoms with Gasteiger partial charge in [-0.2, -0.15) is 4.31 Å². The van der Waals surface area contributed by atoms with E-state index in [0.29, 0.717) is 43.8 Å². The quantitative estimate of drug-likeness (QED) is 0.486. The first-order valence-corrected chi connectivity index (χ1v) is 14.8. The molecule has 1 aliphatic heterocycles. The van der Waals surface area contributed by atoms with E-state index in [9.17, 15) is 21.2 Å². The van der Waals surface area contributed by atoms with E-state index in [1.807, 2.05) is 13.8 Å². The van der Waals surface area contributed by atoms with Gasteiger partial charge in [-0.05, 0) is 54.2 Å². The van der Waals surface area contributed by atoms with Crippen molar-refractivity contribution in [3.05, 3.63) is 65.5 Å². The summed E-state index contributed by atoms with van der Waals surface area (Å²) in [5, 5.41) is 0. The van der Waals surface area contributed by atoms with Crippen molar-refractivity contribution in [1.82, 2.24) is 8.61 Å². The molecular weight excluding hydrogens is 479 g/mol. The molecule has 0 aliphatic carbocycles. The number of benzene rings is 2. The molecule has 3 rings (SSSR count). The third kappa shape index (κ3) is 7.76. The zero-order valence-corrected chi connectivity index (χ0v) is 21.5. The van der Waals surface area contributed by atoms with Crippen LogP contribution in [0.4, 0.5) is 4.39 Å². The lowest BCUT2D eigenvalue weighted by Gasteiger charge is -2.30. The molecule has 0 radical (unpaired) electrons. The first-order chi connectivity index (χ1) is 15.9. The van der Waals surface area contributed by atoms with Crippen molar-refractivity contribution in [3.63, 3.8) is 0 Å². The predicted octanol–water partition coefficient (Wildman–Crippen LogP) is 3.62. The second kappa shape index (κ2) is 11.2. The van der Waals surface area contributed by atoms with Crippen LogP contribution in [0.2, 0.25) is 0 Å². The van der Waals surface area contributed by atoms with Crippen LogP contribution in [0.3, 0.4) is 0 Å². The van der Waals surface area contributed by atoms with Crippen molar-refractivity contribution >= 4 is 20.0 Å². The van der Waals surface area contributed by atoms with Crippen LogP contribution in [0.1, 0.15) is 37.8 Å². The van der Waals surface area contributed by atoms with E-state index < -0.39 is 20.0 Å². The van der Waals surface area contributed by atoms with E-state index in [0.717, 1.165) is 5.56 Å². The predicted molar refractivity (Wildman–Crippen MR) is 131 cm³/mol. The summed E-state index contributed by atoms with van der Waals surface area (Å²) in [6, 6.07) is 12.9. The van der Waals surface area contributed by atoms with Gasteiger partial charge in [0.15, 0.2) is 0 Å². The van der Waals surface area contributed by atoms with Crippen LogP contribution in [0.15, 0.2) is 48.5 Å². The first kappa shape index (κ1) is 26.6. The Morgan fingerprint density at radius 2 is 1.53 bits per heavy atom. The van der Waals surface area contributed by atoms with Gasteiger partial charge in [0.2, 0.25) is 20.0 Å². The number of sulfonamides is 2. The van der Waals surface area contributed by atoms with Crippen LogP contribution < -0.4 is 4.74 Å². The number of hydrogen-bond donors (Lipinski definition) is 0. The van der Waals surface area contributed by atoms with Gasteiger partial charge in [-0.25, -0.2) is 25.5 Å². The average Bonchev–Trinajstić information content (AvgIpc) is 2.75. The average molecular weight is 513 g/mol. The molecule has 0 unspecified atom stereocenters. The van der Waals surface area contributed by atoms with Crippen LogP contribution in [-0.4, -0.2) is 57.4 Å². The second-order valence-electron chi connectivity index (χ2n) is 9.19. The SMILES string of the molecule is CC(C)CN(Cc1ccc(F)cc1)S(=O)(=O)Cc1ccc(OC2CCN(S(C)(=O)=O)CC2)cc1. The zero-order chi connectivity index (χ0) is 24.9. The van der Waals surface area contributed by atoms with Crippen molar-refractivity contribution in [1.29, 1.82) is 0 Å². The Balaban J connectivity index is 1.62. The van der Waals surface area contributed by atoms with Gasteiger partial charge in [0.1, 0.15) is 17.7 Å². The Bertz CT molecular complexity index is 1140. The minimum atomic E-state index is -3.60. The molecular formula is C24H33FN2O5S2. The standard InChI is InChI=1S/C24H33FN2O5S2/c1-19(2)16-27(17-20-4-8-22(25)9-5-20)34(30,31)18-21-6-10-23(11-7-21)32-24-12-14-26(15-13-24)33(3,28)29/h4-11,19,24H,12-18H2,1-3H3. The maximum atomic E-state index is 13.2. The summed E-state index contributed by atoms with van der Waals surface area (Å²) < 4.78 is 71.8. The van der Waals surface area contributed by atoms with Crippen LogP contribution in [-0.2, 0) is 32.3 Å². The second-order valence-corrected chi connectivity index (χ2v) is 13.1. The fraction of sp³-hybridized carbons (Fsp3) is 0.500. The topological polar surface area (TPSA) is 84.0 Å². The summed E-state index contributed by atoms with van der Waals surface area (Å²) in [4.78, 5) is 0. The smallest absolute Gasteiger partial charge is 0.218 e. The molecule has 1 heterocycles. The highest BCUT2D eigenvalue weighted by molar-refractivity contribution is 7.88. The summed E-state index contributed by atoms with van der Waals surface area (Å²) in [5.74, 6) is 0.267. The number of nitrogens with zero attached hydrogens (tertiary/aromatic N) is 2. The Morgan fingerprint density at radius 3 is 2.06 bits per heavy atom. The highest BCUT2D eigenvalue weighted by Crippen LogP contribution is 2.23. The van der Waals surface area contributed by atoms with Crippen molar-refractivity contribution in [2.24, 2.45) is 5.92 Å². The van der Waals surface area contributed by atoms with E-state index in [2.05, 4.69) is 0 Å². The maximum absolute atomic E-state index is 13.2. The molecule has 0 amide bonds. The molecule has 1 saturated heterocycles. The molecule has 0 bridgehead atoms.